The van der Waals surface area contributed by atoms with Gasteiger partial charge in [-0.2, -0.15) is 0 Å². The number of hydrogen-bond acceptors (Lipinski definition) is 12. The number of likely N-dealkylation sites (tertiary alicyclic amines) is 1. The normalized spacial score (nSPS) is 15.6. The molecule has 0 saturated carbocycles. The molecule has 1 fully saturated rings. The molecule has 3 aromatic heterocycles. The van der Waals surface area contributed by atoms with Gasteiger partial charge in [0, 0.05) is 66.7 Å². The van der Waals surface area contributed by atoms with E-state index in [1.54, 1.807) is 11.3 Å². The number of nitrogens with one attached hydrogen (secondary N) is 2. The Balaban J connectivity index is 0.777. The number of thiazole rings is 1. The van der Waals surface area contributed by atoms with Crippen molar-refractivity contribution in [2.75, 3.05) is 39.6 Å². The average Bonchev–Trinajstić information content (AvgIpc) is 4.15. The van der Waals surface area contributed by atoms with Gasteiger partial charge in [0.25, 0.3) is 0 Å². The predicted octanol–water partition coefficient (Wildman–Crippen LogP) is 8.60. The molecule has 1 aliphatic heterocycles. The number of primary amides is 1. The third-order valence-electron chi connectivity index (χ3n) is 13.5. The molecule has 0 radical (unpaired) electrons. The van der Waals surface area contributed by atoms with Crippen LogP contribution in [0, 0.1) is 26.2 Å². The van der Waals surface area contributed by atoms with Crippen LogP contribution < -0.4 is 21.1 Å². The van der Waals surface area contributed by atoms with Crippen LogP contribution in [0.4, 0.5) is 0 Å². The summed E-state index contributed by atoms with van der Waals surface area (Å²) in [6.45, 7) is 15.1. The summed E-state index contributed by atoms with van der Waals surface area (Å²) in [6, 6.07) is 25.7. The van der Waals surface area contributed by atoms with Crippen molar-refractivity contribution in [3.05, 3.63) is 124 Å². The number of aryl methyl sites for hydroxylation is 3. The van der Waals surface area contributed by atoms with Gasteiger partial charge in [-0.25, -0.2) is 4.98 Å². The molecule has 0 spiro atoms. The summed E-state index contributed by atoms with van der Waals surface area (Å²) in [5.41, 5.74) is 15.8. The van der Waals surface area contributed by atoms with Crippen molar-refractivity contribution in [3.63, 3.8) is 0 Å². The van der Waals surface area contributed by atoms with Crippen LogP contribution in [0.3, 0.4) is 0 Å². The van der Waals surface area contributed by atoms with Gasteiger partial charge in [-0.3, -0.25) is 19.2 Å². The molecule has 7 aromatic rings. The largest absolute Gasteiger partial charge is 0.494 e. The molecule has 1 saturated heterocycles. The number of β-amino-alcohol motifs (C(OH)–C–C–N with tert-alkyl or cyclic N) is 1. The first kappa shape index (κ1) is 53.4. The molecule has 16 nitrogen and oxygen atoms in total. The molecule has 390 valence electrons. The monoisotopic (exact) mass is 1030 g/mol. The number of unbranched alkanes of at least 4 members (excludes halogenated alkanes) is 1. The second-order valence-corrected chi connectivity index (χ2v) is 21.0. The Morgan fingerprint density at radius 3 is 2.28 bits per heavy atom. The van der Waals surface area contributed by atoms with E-state index in [0.717, 1.165) is 78.7 Å². The second kappa shape index (κ2) is 23.5. The van der Waals surface area contributed by atoms with E-state index in [1.807, 2.05) is 121 Å². The number of hydrogen-bond donors (Lipinski definition) is 4. The van der Waals surface area contributed by atoms with E-state index >= 15 is 0 Å². The van der Waals surface area contributed by atoms with E-state index in [4.69, 9.17) is 24.5 Å². The first-order valence-corrected chi connectivity index (χ1v) is 26.1. The molecule has 4 aromatic carbocycles. The van der Waals surface area contributed by atoms with Crippen molar-refractivity contribution >= 4 is 56.8 Å². The zero-order valence-corrected chi connectivity index (χ0v) is 44.1. The summed E-state index contributed by atoms with van der Waals surface area (Å²) in [6.07, 6.45) is 1.28. The minimum absolute atomic E-state index is 0.0207. The lowest BCUT2D eigenvalue weighted by Crippen LogP contribution is -2.58. The maximum atomic E-state index is 14.1. The molecule has 8 rings (SSSR count). The third kappa shape index (κ3) is 12.4. The number of carbonyl (C=O) groups is 4. The number of rotatable bonds is 22. The van der Waals surface area contributed by atoms with Gasteiger partial charge in [-0.1, -0.05) is 80.5 Å². The zero-order chi connectivity index (χ0) is 52.7. The van der Waals surface area contributed by atoms with E-state index in [1.165, 1.54) is 4.90 Å². The van der Waals surface area contributed by atoms with Gasteiger partial charge < -0.3 is 49.7 Å². The highest BCUT2D eigenvalue weighted by atomic mass is 32.1. The maximum Gasteiger partial charge on any atom is 0.249 e. The number of aromatic nitrogens is 3. The van der Waals surface area contributed by atoms with E-state index in [0.29, 0.717) is 49.9 Å². The molecule has 4 amide bonds. The van der Waals surface area contributed by atoms with Crippen LogP contribution in [0.2, 0.25) is 0 Å². The highest BCUT2D eigenvalue weighted by Gasteiger charge is 2.44. The van der Waals surface area contributed by atoms with E-state index in [2.05, 4.69) is 43.5 Å². The number of aliphatic hydroxyl groups is 1. The number of benzene rings is 4. The molecule has 17 heteroatoms. The van der Waals surface area contributed by atoms with Gasteiger partial charge >= 0.3 is 0 Å². The first-order chi connectivity index (χ1) is 35.5. The molecule has 5 N–H and O–H groups in total. The molecule has 4 atom stereocenters. The number of nitrogens with zero attached hydrogens (tertiary/aromatic N) is 4. The van der Waals surface area contributed by atoms with Crippen LogP contribution in [0.1, 0.15) is 98.1 Å². The molecule has 74 heavy (non-hydrogen) atoms. The van der Waals surface area contributed by atoms with Gasteiger partial charge in [-0.05, 0) is 105 Å². The zero-order valence-electron chi connectivity index (χ0n) is 43.2. The summed E-state index contributed by atoms with van der Waals surface area (Å²) in [5.74, 6) is -0.470. The molecule has 1 unspecified atom stereocenters. The Kier molecular flexibility index (Phi) is 17.0. The van der Waals surface area contributed by atoms with E-state index in [9.17, 15) is 24.3 Å². The molecule has 4 heterocycles. The van der Waals surface area contributed by atoms with Crippen molar-refractivity contribution < 1.29 is 43.0 Å². The van der Waals surface area contributed by atoms with Gasteiger partial charge in [0.05, 0.1) is 46.0 Å². The van der Waals surface area contributed by atoms with Crippen molar-refractivity contribution in [1.29, 1.82) is 0 Å². The number of carbonyl (C=O) groups excluding carboxylic acids is 4. The SMILES string of the molecule is Cc1ncsc1-c1ccc([C@H](C)NC(=O)[C@@H]2C[C@@H](O)CN2C(=O)C(NC(=O)COCCCOCCCCOc2ccc3c(c2)c2c(C(N)=O)cc(-c4c(C)noc4C)cc2n3Cc2ccccc2)C(C)(C)C)cc1. The van der Waals surface area contributed by atoms with E-state index in [-0.39, 0.29) is 38.1 Å². The lowest BCUT2D eigenvalue weighted by atomic mass is 9.85. The topological polar surface area (TPSA) is 213 Å². The quantitative estimate of drug-likeness (QED) is 0.0472. The number of amides is 4. The third-order valence-corrected chi connectivity index (χ3v) is 14.5. The maximum absolute atomic E-state index is 14.1. The number of nitrogens with two attached hydrogens (primary N) is 1. The Labute approximate surface area is 435 Å². The van der Waals surface area contributed by atoms with Crippen LogP contribution in [0.25, 0.3) is 43.4 Å². The Morgan fingerprint density at radius 2 is 1.59 bits per heavy atom. The van der Waals surface area contributed by atoms with Crippen molar-refractivity contribution in [2.45, 2.75) is 105 Å². The summed E-state index contributed by atoms with van der Waals surface area (Å²) in [4.78, 5) is 60.9. The number of aliphatic hydroxyl groups excluding tert-OH is 1. The lowest BCUT2D eigenvalue weighted by Gasteiger charge is -2.35. The summed E-state index contributed by atoms with van der Waals surface area (Å²) in [5, 5.41) is 22.3. The summed E-state index contributed by atoms with van der Waals surface area (Å²) in [7, 11) is 0. The van der Waals surface area contributed by atoms with Gasteiger partial charge in [-0.15, -0.1) is 11.3 Å². The van der Waals surface area contributed by atoms with Crippen molar-refractivity contribution in [1.82, 2.24) is 30.2 Å². The minimum atomic E-state index is -0.968. The fourth-order valence-corrected chi connectivity index (χ4v) is 10.5. The van der Waals surface area contributed by atoms with Crippen molar-refractivity contribution in [2.24, 2.45) is 11.1 Å². The smallest absolute Gasteiger partial charge is 0.249 e. The molecule has 1 aliphatic rings. The second-order valence-electron chi connectivity index (χ2n) is 20.2. The fourth-order valence-electron chi connectivity index (χ4n) is 9.71. The number of fused-ring (bicyclic) bond motifs is 3. The predicted molar refractivity (Wildman–Crippen MR) is 286 cm³/mol. The lowest BCUT2D eigenvalue weighted by molar-refractivity contribution is -0.144. The van der Waals surface area contributed by atoms with Crippen molar-refractivity contribution in [3.8, 4) is 27.3 Å². The van der Waals surface area contributed by atoms with Crippen LogP contribution in [0.15, 0.2) is 95.0 Å². The molecule has 0 bridgehead atoms. The summed E-state index contributed by atoms with van der Waals surface area (Å²) < 4.78 is 25.4. The van der Waals surface area contributed by atoms with Crippen LogP contribution in [0.5, 0.6) is 5.75 Å². The van der Waals surface area contributed by atoms with Crippen LogP contribution in [-0.4, -0.2) is 106 Å². The average molecular weight is 1030 g/mol. The molecule has 0 aliphatic carbocycles. The Morgan fingerprint density at radius 1 is 0.865 bits per heavy atom. The Bertz CT molecular complexity index is 3080. The standard InChI is InChI=1S/C57H67N7O9S/c1-34(39-16-18-40(19-17-39)52-36(3)59-33-74-52)60-55(68)48-28-42(65)31-64(48)56(69)53(57(5,6)7)61-49(66)32-71-24-13-23-70-22-11-12-25-72-43-20-21-46-44(29-43)51-45(54(58)67)26-41(50-35(2)62-73-37(50)4)27-47(51)63(46)30-38-14-9-8-10-15-38/h8-10,14-21,26-27,29,33-34,42,48,53,65H,11-13,22-25,28,30-32H2,1-7H3,(H2,58,67)(H,60,68)(H,61,66)/t34-,42+,48-,53?/m0/s1. The molecular formula is C57H67N7O9S. The number of ether oxygens (including phenoxy) is 3. The fraction of sp³-hybridized carbons (Fsp3) is 0.404. The van der Waals surface area contributed by atoms with Gasteiger partial charge in [0.1, 0.15) is 30.2 Å². The van der Waals surface area contributed by atoms with Crippen LogP contribution >= 0.6 is 11.3 Å². The summed E-state index contributed by atoms with van der Waals surface area (Å²) >= 11 is 1.57. The van der Waals surface area contributed by atoms with Gasteiger partial charge in [0.15, 0.2) is 0 Å². The Hall–Kier alpha value is -6.92. The first-order valence-electron chi connectivity index (χ1n) is 25.2. The van der Waals surface area contributed by atoms with E-state index < -0.39 is 41.3 Å². The minimum Gasteiger partial charge on any atom is -0.494 e. The molecular weight excluding hydrogens is 959 g/mol. The van der Waals surface area contributed by atoms with Crippen LogP contribution in [-0.2, 0) is 30.4 Å². The van der Waals surface area contributed by atoms with Gasteiger partial charge in [0.2, 0.25) is 23.6 Å². The highest BCUT2D eigenvalue weighted by molar-refractivity contribution is 7.13. The highest BCUT2D eigenvalue weighted by Crippen LogP contribution is 2.39.